The number of amides is 1. The summed E-state index contributed by atoms with van der Waals surface area (Å²) in [5, 5.41) is 5.58. The number of ether oxygens (including phenoxy) is 4. The zero-order valence-electron chi connectivity index (χ0n) is 28.7. The Hall–Kier alpha value is -5.08. The number of carbonyl (C=O) groups is 1. The van der Waals surface area contributed by atoms with Crippen molar-refractivity contribution in [2.45, 2.75) is 33.7 Å². The van der Waals surface area contributed by atoms with Gasteiger partial charge in [-0.1, -0.05) is 24.3 Å². The zero-order chi connectivity index (χ0) is 35.8. The number of alkyl halides is 3. The molecule has 0 spiro atoms. The third-order valence-electron chi connectivity index (χ3n) is 8.62. The highest BCUT2D eigenvalue weighted by atomic mass is 19.4. The van der Waals surface area contributed by atoms with Gasteiger partial charge in [0.2, 0.25) is 5.95 Å². The highest BCUT2D eigenvalue weighted by molar-refractivity contribution is 5.84. The van der Waals surface area contributed by atoms with Crippen LogP contribution >= 0.6 is 0 Å². The summed E-state index contributed by atoms with van der Waals surface area (Å²) in [4.78, 5) is 26.1. The Balaban J connectivity index is 1.23. The van der Waals surface area contributed by atoms with Gasteiger partial charge in [-0.05, 0) is 79.9 Å². The van der Waals surface area contributed by atoms with E-state index in [2.05, 4.69) is 42.2 Å². The summed E-state index contributed by atoms with van der Waals surface area (Å²) in [6, 6.07) is 14.8. The minimum atomic E-state index is -4.94. The minimum absolute atomic E-state index is 0.0667. The lowest BCUT2D eigenvalue weighted by Crippen LogP contribution is -2.45. The second-order valence-electron chi connectivity index (χ2n) is 12.0. The number of nitrogens with one attached hydrogen (secondary N) is 2. The predicted molar refractivity (Wildman–Crippen MR) is 184 cm³/mol. The summed E-state index contributed by atoms with van der Waals surface area (Å²) in [5.41, 5.74) is 4.77. The van der Waals surface area contributed by atoms with Crippen molar-refractivity contribution in [3.05, 3.63) is 83.0 Å². The Bertz CT molecular complexity index is 1800. The minimum Gasteiger partial charge on any atom is -0.493 e. The van der Waals surface area contributed by atoms with Crippen molar-refractivity contribution in [2.24, 2.45) is 0 Å². The number of hydrogen-bond donors (Lipinski definition) is 2. The van der Waals surface area contributed by atoms with Crippen LogP contribution < -0.4 is 24.8 Å². The number of hydrogen-bond acceptors (Lipinski definition) is 10. The van der Waals surface area contributed by atoms with Crippen LogP contribution in [0.15, 0.2) is 60.8 Å². The van der Waals surface area contributed by atoms with Crippen LogP contribution in [-0.2, 0) is 11.3 Å². The summed E-state index contributed by atoms with van der Waals surface area (Å²) in [6.45, 7) is 10.7. The molecule has 0 saturated carbocycles. The third kappa shape index (κ3) is 9.54. The van der Waals surface area contributed by atoms with Gasteiger partial charge in [0.25, 0.3) is 0 Å². The number of rotatable bonds is 12. The van der Waals surface area contributed by atoms with Gasteiger partial charge in [0, 0.05) is 56.2 Å². The standard InChI is InChI=1S/C36H41F3N6O5/c1-23-9-11-27(25(3)24(23)2)28-7-6-8-30(50-36(37,38)39)29(28)22-49-35(46)43-33-13-14-40-34(42-33)41-26-10-12-31(32(21-26)47-5)48-20-19-45-17-15-44(4)16-18-45/h6-14,21H,15-20,22H2,1-5H3,(H2,40,41,42,43,46). The molecule has 0 bridgehead atoms. The maximum Gasteiger partial charge on any atom is 0.573 e. The summed E-state index contributed by atoms with van der Waals surface area (Å²) in [5.74, 6) is 0.940. The average molecular weight is 695 g/mol. The lowest BCUT2D eigenvalue weighted by Gasteiger charge is -2.32. The molecule has 0 radical (unpaired) electrons. The molecule has 0 unspecified atom stereocenters. The van der Waals surface area contributed by atoms with Gasteiger partial charge in [0.1, 0.15) is 24.8 Å². The highest BCUT2D eigenvalue weighted by Crippen LogP contribution is 2.37. The van der Waals surface area contributed by atoms with Crippen molar-refractivity contribution < 1.29 is 36.9 Å². The van der Waals surface area contributed by atoms with Crippen LogP contribution in [0, 0.1) is 20.8 Å². The van der Waals surface area contributed by atoms with E-state index in [1.165, 1.54) is 24.4 Å². The van der Waals surface area contributed by atoms with Crippen molar-refractivity contribution >= 4 is 23.5 Å². The molecule has 2 heterocycles. The average Bonchev–Trinajstić information content (AvgIpc) is 3.07. The monoisotopic (exact) mass is 694 g/mol. The van der Waals surface area contributed by atoms with Gasteiger partial charge in [-0.2, -0.15) is 4.98 Å². The molecule has 14 heteroatoms. The second kappa shape index (κ2) is 16.1. The van der Waals surface area contributed by atoms with Crippen LogP contribution in [0.3, 0.4) is 0 Å². The fraction of sp³-hybridized carbons (Fsp3) is 0.361. The molecule has 4 aromatic rings. The van der Waals surface area contributed by atoms with E-state index in [0.717, 1.165) is 49.4 Å². The molecule has 1 aliphatic rings. The van der Waals surface area contributed by atoms with Gasteiger partial charge in [-0.3, -0.25) is 10.2 Å². The molecule has 1 saturated heterocycles. The van der Waals surface area contributed by atoms with Crippen LogP contribution in [-0.4, -0.2) is 85.7 Å². The van der Waals surface area contributed by atoms with Crippen molar-refractivity contribution in [3.8, 4) is 28.4 Å². The molecule has 1 fully saturated rings. The van der Waals surface area contributed by atoms with E-state index in [4.69, 9.17) is 14.2 Å². The van der Waals surface area contributed by atoms with E-state index in [1.54, 1.807) is 31.4 Å². The maximum atomic E-state index is 13.3. The van der Waals surface area contributed by atoms with Gasteiger partial charge in [0.15, 0.2) is 11.5 Å². The SMILES string of the molecule is COc1cc(Nc2nccc(NC(=O)OCc3c(OC(F)(F)F)cccc3-c3ccc(C)c(C)c3C)n2)ccc1OCCN1CCN(C)CC1. The Morgan fingerprint density at radius 2 is 1.70 bits per heavy atom. The molecule has 50 heavy (non-hydrogen) atoms. The topological polar surface area (TPSA) is 110 Å². The second-order valence-corrected chi connectivity index (χ2v) is 12.0. The number of carbonyl (C=O) groups excluding carboxylic acids is 1. The maximum absolute atomic E-state index is 13.3. The van der Waals surface area contributed by atoms with Crippen LogP contribution in [0.4, 0.5) is 35.4 Å². The summed E-state index contributed by atoms with van der Waals surface area (Å²) < 4.78 is 61.3. The van der Waals surface area contributed by atoms with Crippen molar-refractivity contribution in [1.82, 2.24) is 19.8 Å². The fourth-order valence-electron chi connectivity index (χ4n) is 5.55. The number of nitrogens with zero attached hydrogens (tertiary/aromatic N) is 4. The molecule has 11 nitrogen and oxygen atoms in total. The van der Waals surface area contributed by atoms with Crippen LogP contribution in [0.1, 0.15) is 22.3 Å². The molecular weight excluding hydrogens is 653 g/mol. The molecular formula is C36H41F3N6O5. The molecule has 5 rings (SSSR count). The fourth-order valence-corrected chi connectivity index (χ4v) is 5.55. The van der Waals surface area contributed by atoms with E-state index in [1.807, 2.05) is 32.9 Å². The van der Waals surface area contributed by atoms with Crippen LogP contribution in [0.2, 0.25) is 0 Å². The smallest absolute Gasteiger partial charge is 0.493 e. The zero-order valence-corrected chi connectivity index (χ0v) is 28.7. The Morgan fingerprint density at radius 3 is 2.44 bits per heavy atom. The molecule has 3 aromatic carbocycles. The first kappa shape index (κ1) is 36.2. The molecule has 0 aliphatic carbocycles. The molecule has 1 aliphatic heterocycles. The number of piperazine rings is 1. The van der Waals surface area contributed by atoms with Gasteiger partial charge in [-0.25, -0.2) is 9.78 Å². The van der Waals surface area contributed by atoms with Crippen LogP contribution in [0.5, 0.6) is 17.2 Å². The number of methoxy groups -OCH3 is 1. The molecule has 266 valence electrons. The molecule has 0 atom stereocenters. The van der Waals surface area contributed by atoms with E-state index in [9.17, 15) is 18.0 Å². The normalized spacial score (nSPS) is 13.8. The predicted octanol–water partition coefficient (Wildman–Crippen LogP) is 7.09. The highest BCUT2D eigenvalue weighted by Gasteiger charge is 2.33. The Kier molecular flexibility index (Phi) is 11.6. The Labute approximate surface area is 289 Å². The quantitative estimate of drug-likeness (QED) is 0.160. The van der Waals surface area contributed by atoms with Gasteiger partial charge < -0.3 is 29.2 Å². The molecule has 2 N–H and O–H groups in total. The summed E-state index contributed by atoms with van der Waals surface area (Å²) in [6.07, 6.45) is -4.44. The first-order valence-electron chi connectivity index (χ1n) is 16.1. The third-order valence-corrected chi connectivity index (χ3v) is 8.62. The largest absolute Gasteiger partial charge is 0.573 e. The van der Waals surface area contributed by atoms with Crippen molar-refractivity contribution in [2.75, 3.05) is 64.1 Å². The first-order valence-corrected chi connectivity index (χ1v) is 16.1. The number of aromatic nitrogens is 2. The first-order chi connectivity index (χ1) is 23.9. The van der Waals surface area contributed by atoms with Crippen molar-refractivity contribution in [3.63, 3.8) is 0 Å². The number of anilines is 3. The molecule has 1 aromatic heterocycles. The summed E-state index contributed by atoms with van der Waals surface area (Å²) >= 11 is 0. The number of halogens is 3. The van der Waals surface area contributed by atoms with E-state index in [-0.39, 0.29) is 17.3 Å². The van der Waals surface area contributed by atoms with E-state index < -0.39 is 24.8 Å². The van der Waals surface area contributed by atoms with E-state index >= 15 is 0 Å². The van der Waals surface area contributed by atoms with Gasteiger partial charge >= 0.3 is 12.5 Å². The number of likely N-dealkylation sites (N-methyl/N-ethyl adjacent to an activating group) is 1. The number of aryl methyl sites for hydroxylation is 1. The molecule has 1 amide bonds. The van der Waals surface area contributed by atoms with Crippen LogP contribution in [0.25, 0.3) is 11.1 Å². The number of benzene rings is 3. The Morgan fingerprint density at radius 1 is 0.920 bits per heavy atom. The van der Waals surface area contributed by atoms with Gasteiger partial charge in [-0.15, -0.1) is 13.2 Å². The lowest BCUT2D eigenvalue weighted by molar-refractivity contribution is -0.275. The van der Waals surface area contributed by atoms with Crippen molar-refractivity contribution in [1.29, 1.82) is 0 Å². The van der Waals surface area contributed by atoms with Gasteiger partial charge in [0.05, 0.1) is 7.11 Å². The van der Waals surface area contributed by atoms with E-state index in [0.29, 0.717) is 34.9 Å². The lowest BCUT2D eigenvalue weighted by atomic mass is 9.91. The summed E-state index contributed by atoms with van der Waals surface area (Å²) in [7, 11) is 3.67.